The Balaban J connectivity index is 1.46. The van der Waals surface area contributed by atoms with Crippen LogP contribution in [0, 0.1) is 5.92 Å². The Hall–Kier alpha value is -2.73. The number of phenolic OH excluding ortho intramolecular Hbond substituents is 1. The number of aromatic hydroxyl groups is 1. The standard InChI is InChI=1S/C23H30N2O4/c1-3-29-21-6-4-5-19(22(21)26)16-25-13-11-18(12-14-25)23(27)24-15-17-7-9-20(28-2)10-8-17/h4-10,18,26H,3,11-16H2,1-2H3,(H,24,27). The van der Waals surface area contributed by atoms with Gasteiger partial charge in [0.1, 0.15) is 5.75 Å². The topological polar surface area (TPSA) is 71.0 Å². The van der Waals surface area contributed by atoms with Crippen molar-refractivity contribution in [1.29, 1.82) is 0 Å². The molecule has 1 amide bonds. The number of nitrogens with zero attached hydrogens (tertiary/aromatic N) is 1. The molecular weight excluding hydrogens is 368 g/mol. The molecule has 1 saturated heterocycles. The van der Waals surface area contributed by atoms with E-state index in [2.05, 4.69) is 10.2 Å². The molecule has 0 bridgehead atoms. The molecular formula is C23H30N2O4. The van der Waals surface area contributed by atoms with Crippen molar-refractivity contribution in [3.05, 3.63) is 53.6 Å². The number of benzene rings is 2. The lowest BCUT2D eigenvalue weighted by Gasteiger charge is -2.31. The van der Waals surface area contributed by atoms with Crippen molar-refractivity contribution < 1.29 is 19.4 Å². The number of phenols is 1. The van der Waals surface area contributed by atoms with Crippen LogP contribution in [0.15, 0.2) is 42.5 Å². The number of carbonyl (C=O) groups excluding carboxylic acids is 1. The van der Waals surface area contributed by atoms with Gasteiger partial charge in [-0.2, -0.15) is 0 Å². The fourth-order valence-corrected chi connectivity index (χ4v) is 3.64. The first-order valence-electron chi connectivity index (χ1n) is 10.2. The monoisotopic (exact) mass is 398 g/mol. The van der Waals surface area contributed by atoms with Gasteiger partial charge in [-0.25, -0.2) is 0 Å². The molecule has 2 aromatic rings. The van der Waals surface area contributed by atoms with Crippen molar-refractivity contribution in [3.63, 3.8) is 0 Å². The number of amides is 1. The van der Waals surface area contributed by atoms with E-state index in [0.29, 0.717) is 25.4 Å². The first kappa shape index (κ1) is 21.0. The molecule has 1 aliphatic heterocycles. The van der Waals surface area contributed by atoms with Crippen LogP contribution in [-0.2, 0) is 17.9 Å². The minimum Gasteiger partial charge on any atom is -0.504 e. The van der Waals surface area contributed by atoms with Gasteiger partial charge in [0.2, 0.25) is 5.91 Å². The highest BCUT2D eigenvalue weighted by atomic mass is 16.5. The zero-order chi connectivity index (χ0) is 20.6. The molecule has 6 heteroatoms. The van der Waals surface area contributed by atoms with E-state index >= 15 is 0 Å². The number of carbonyl (C=O) groups is 1. The largest absolute Gasteiger partial charge is 0.504 e. The predicted molar refractivity (Wildman–Crippen MR) is 112 cm³/mol. The molecule has 0 radical (unpaired) electrons. The second kappa shape index (κ2) is 10.2. The number of ether oxygens (including phenoxy) is 2. The first-order chi connectivity index (χ1) is 14.1. The minimum atomic E-state index is 0.0351. The van der Waals surface area contributed by atoms with Gasteiger partial charge in [-0.15, -0.1) is 0 Å². The highest BCUT2D eigenvalue weighted by molar-refractivity contribution is 5.78. The van der Waals surface area contributed by atoms with E-state index in [9.17, 15) is 9.90 Å². The Bertz CT molecular complexity index is 799. The van der Waals surface area contributed by atoms with Gasteiger partial charge in [0.25, 0.3) is 0 Å². The highest BCUT2D eigenvalue weighted by Gasteiger charge is 2.25. The summed E-state index contributed by atoms with van der Waals surface area (Å²) in [4.78, 5) is 14.8. The molecule has 29 heavy (non-hydrogen) atoms. The lowest BCUT2D eigenvalue weighted by Crippen LogP contribution is -2.40. The van der Waals surface area contributed by atoms with E-state index < -0.39 is 0 Å². The van der Waals surface area contributed by atoms with Gasteiger partial charge in [0.05, 0.1) is 13.7 Å². The lowest BCUT2D eigenvalue weighted by molar-refractivity contribution is -0.126. The van der Waals surface area contributed by atoms with Crippen molar-refractivity contribution in [2.24, 2.45) is 5.92 Å². The van der Waals surface area contributed by atoms with Crippen LogP contribution < -0.4 is 14.8 Å². The van der Waals surface area contributed by atoms with Crippen molar-refractivity contribution in [3.8, 4) is 17.2 Å². The van der Waals surface area contributed by atoms with Gasteiger partial charge in [-0.1, -0.05) is 24.3 Å². The Morgan fingerprint density at radius 1 is 1.17 bits per heavy atom. The van der Waals surface area contributed by atoms with E-state index in [4.69, 9.17) is 9.47 Å². The van der Waals surface area contributed by atoms with Gasteiger partial charge in [-0.05, 0) is 56.6 Å². The molecule has 0 aliphatic carbocycles. The summed E-state index contributed by atoms with van der Waals surface area (Å²) in [5.41, 5.74) is 1.92. The first-order valence-corrected chi connectivity index (χ1v) is 10.2. The number of nitrogens with one attached hydrogen (secondary N) is 1. The molecule has 2 aromatic carbocycles. The molecule has 3 rings (SSSR count). The Labute approximate surface area is 172 Å². The van der Waals surface area contributed by atoms with Gasteiger partial charge in [0, 0.05) is 24.6 Å². The number of rotatable bonds is 8. The molecule has 6 nitrogen and oxygen atoms in total. The van der Waals surface area contributed by atoms with Crippen molar-refractivity contribution in [2.75, 3.05) is 26.8 Å². The summed E-state index contributed by atoms with van der Waals surface area (Å²) in [6, 6.07) is 13.3. The number of methoxy groups -OCH3 is 1. The molecule has 0 aromatic heterocycles. The van der Waals surface area contributed by atoms with Crippen molar-refractivity contribution in [2.45, 2.75) is 32.9 Å². The maximum atomic E-state index is 12.5. The quantitative estimate of drug-likeness (QED) is 0.714. The third-order valence-corrected chi connectivity index (χ3v) is 5.36. The number of hydrogen-bond acceptors (Lipinski definition) is 5. The predicted octanol–water partition coefficient (Wildman–Crippen LogP) is 3.33. The molecule has 1 heterocycles. The van der Waals surface area contributed by atoms with E-state index in [-0.39, 0.29) is 17.6 Å². The molecule has 1 aliphatic rings. The molecule has 0 spiro atoms. The number of hydrogen-bond donors (Lipinski definition) is 2. The van der Waals surface area contributed by atoms with Crippen LogP contribution in [0.5, 0.6) is 17.2 Å². The maximum Gasteiger partial charge on any atom is 0.223 e. The normalized spacial score (nSPS) is 15.1. The molecule has 0 atom stereocenters. The Kier molecular flexibility index (Phi) is 7.36. The summed E-state index contributed by atoms with van der Waals surface area (Å²) in [6.45, 7) is 5.27. The number of piperidine rings is 1. The van der Waals surface area contributed by atoms with Gasteiger partial charge in [-0.3, -0.25) is 9.69 Å². The van der Waals surface area contributed by atoms with Gasteiger partial charge < -0.3 is 19.9 Å². The van der Waals surface area contributed by atoms with Crippen molar-refractivity contribution in [1.82, 2.24) is 10.2 Å². The lowest BCUT2D eigenvalue weighted by atomic mass is 9.95. The molecule has 156 valence electrons. The molecule has 2 N–H and O–H groups in total. The summed E-state index contributed by atoms with van der Waals surface area (Å²) in [6.07, 6.45) is 1.64. The minimum absolute atomic E-state index is 0.0351. The average Bonchev–Trinajstić information content (AvgIpc) is 2.76. The smallest absolute Gasteiger partial charge is 0.223 e. The molecule has 0 unspecified atom stereocenters. The fourth-order valence-electron chi connectivity index (χ4n) is 3.64. The van der Waals surface area contributed by atoms with Crippen LogP contribution >= 0.6 is 0 Å². The van der Waals surface area contributed by atoms with Gasteiger partial charge >= 0.3 is 0 Å². The SMILES string of the molecule is CCOc1cccc(CN2CCC(C(=O)NCc3ccc(OC)cc3)CC2)c1O. The van der Waals surface area contributed by atoms with Crippen LogP contribution in [0.3, 0.4) is 0 Å². The maximum absolute atomic E-state index is 12.5. The van der Waals surface area contributed by atoms with Crippen LogP contribution in [-0.4, -0.2) is 42.7 Å². The van der Waals surface area contributed by atoms with E-state index in [1.165, 1.54) is 0 Å². The van der Waals surface area contributed by atoms with Crippen LogP contribution in [0.1, 0.15) is 30.9 Å². The zero-order valence-corrected chi connectivity index (χ0v) is 17.2. The van der Waals surface area contributed by atoms with Crippen LogP contribution in [0.2, 0.25) is 0 Å². The summed E-state index contributed by atoms with van der Waals surface area (Å²) in [7, 11) is 1.64. The van der Waals surface area contributed by atoms with Crippen LogP contribution in [0.4, 0.5) is 0 Å². The second-order valence-corrected chi connectivity index (χ2v) is 7.31. The zero-order valence-electron chi connectivity index (χ0n) is 17.2. The summed E-state index contributed by atoms with van der Waals surface area (Å²) < 4.78 is 10.6. The van der Waals surface area contributed by atoms with E-state index in [1.807, 2.05) is 43.3 Å². The Morgan fingerprint density at radius 3 is 2.55 bits per heavy atom. The number of likely N-dealkylation sites (tertiary alicyclic amines) is 1. The summed E-state index contributed by atoms with van der Waals surface area (Å²) in [5.74, 6) is 1.70. The third kappa shape index (κ3) is 5.64. The molecule has 0 saturated carbocycles. The van der Waals surface area contributed by atoms with E-state index in [1.54, 1.807) is 13.2 Å². The van der Waals surface area contributed by atoms with Crippen molar-refractivity contribution >= 4 is 5.91 Å². The highest BCUT2D eigenvalue weighted by Crippen LogP contribution is 2.31. The van der Waals surface area contributed by atoms with Crippen LogP contribution in [0.25, 0.3) is 0 Å². The average molecular weight is 399 g/mol. The third-order valence-electron chi connectivity index (χ3n) is 5.36. The second-order valence-electron chi connectivity index (χ2n) is 7.31. The van der Waals surface area contributed by atoms with Gasteiger partial charge in [0.15, 0.2) is 11.5 Å². The Morgan fingerprint density at radius 2 is 1.90 bits per heavy atom. The fraction of sp³-hybridized carbons (Fsp3) is 0.435. The van der Waals surface area contributed by atoms with E-state index in [0.717, 1.165) is 42.8 Å². The molecule has 1 fully saturated rings. The summed E-state index contributed by atoms with van der Waals surface area (Å²) in [5, 5.41) is 13.4. The number of para-hydroxylation sites is 1. The summed E-state index contributed by atoms with van der Waals surface area (Å²) >= 11 is 0.